The zero-order chi connectivity index (χ0) is 19.9. The summed E-state index contributed by atoms with van der Waals surface area (Å²) in [4.78, 5) is 6.79. The highest BCUT2D eigenvalue weighted by molar-refractivity contribution is 5.58. The summed E-state index contributed by atoms with van der Waals surface area (Å²) >= 11 is 0. The van der Waals surface area contributed by atoms with Crippen LogP contribution in [0, 0.1) is 6.92 Å². The van der Waals surface area contributed by atoms with Crippen LogP contribution in [0.25, 0.3) is 0 Å². The third-order valence-electron chi connectivity index (χ3n) is 4.60. The molecule has 144 valence electrons. The van der Waals surface area contributed by atoms with E-state index in [1.807, 2.05) is 36.4 Å². The predicted molar refractivity (Wildman–Crippen MR) is 117 cm³/mol. The summed E-state index contributed by atoms with van der Waals surface area (Å²) in [5.74, 6) is 1.26. The normalized spacial score (nSPS) is 10.5. The Labute approximate surface area is 171 Å². The molecular formula is C24H23N5. The van der Waals surface area contributed by atoms with Gasteiger partial charge >= 0.3 is 0 Å². The van der Waals surface area contributed by atoms with Crippen LogP contribution in [0.15, 0.2) is 91.1 Å². The fourth-order valence-corrected chi connectivity index (χ4v) is 3.16. The number of hydrogen-bond donors (Lipinski definition) is 1. The van der Waals surface area contributed by atoms with E-state index in [-0.39, 0.29) is 0 Å². The van der Waals surface area contributed by atoms with Crippen molar-refractivity contribution in [2.75, 3.05) is 10.2 Å². The van der Waals surface area contributed by atoms with Crippen molar-refractivity contribution in [1.29, 1.82) is 0 Å². The van der Waals surface area contributed by atoms with Crippen LogP contribution in [-0.4, -0.2) is 15.2 Å². The molecule has 0 bridgehead atoms. The maximum absolute atomic E-state index is 4.72. The highest BCUT2D eigenvalue weighted by Gasteiger charge is 2.14. The van der Waals surface area contributed by atoms with Gasteiger partial charge in [-0.25, -0.2) is 0 Å². The summed E-state index contributed by atoms with van der Waals surface area (Å²) in [7, 11) is 0. The number of nitrogens with zero attached hydrogens (tertiary/aromatic N) is 4. The molecule has 5 heteroatoms. The molecule has 4 rings (SSSR count). The first-order valence-electron chi connectivity index (χ1n) is 9.63. The van der Waals surface area contributed by atoms with Crippen molar-refractivity contribution in [3.63, 3.8) is 0 Å². The summed E-state index contributed by atoms with van der Waals surface area (Å²) < 4.78 is 0. The van der Waals surface area contributed by atoms with Crippen molar-refractivity contribution in [2.24, 2.45) is 0 Å². The largest absolute Gasteiger partial charge is 0.365 e. The van der Waals surface area contributed by atoms with E-state index in [1.165, 1.54) is 16.7 Å². The van der Waals surface area contributed by atoms with E-state index in [1.54, 1.807) is 6.20 Å². The summed E-state index contributed by atoms with van der Waals surface area (Å²) in [6, 6.07) is 28.9. The standard InChI is InChI=1S/C24H23N5/c1-19-9-8-12-21(15-19)16-25-23-17-26-28-24(27-23)29(22-13-6-3-7-14-22)18-20-10-4-2-5-11-20/h2-15,17H,16,18H2,1H3,(H,25,27,28). The highest BCUT2D eigenvalue weighted by atomic mass is 15.3. The van der Waals surface area contributed by atoms with Crippen molar-refractivity contribution in [2.45, 2.75) is 20.0 Å². The lowest BCUT2D eigenvalue weighted by molar-refractivity contribution is 0.860. The first kappa shape index (κ1) is 18.6. The summed E-state index contributed by atoms with van der Waals surface area (Å²) in [6.07, 6.45) is 1.66. The van der Waals surface area contributed by atoms with E-state index in [0.717, 1.165) is 5.69 Å². The van der Waals surface area contributed by atoms with Crippen LogP contribution in [0.2, 0.25) is 0 Å². The molecule has 0 spiro atoms. The second-order valence-corrected chi connectivity index (χ2v) is 6.89. The molecule has 0 aliphatic heterocycles. The van der Waals surface area contributed by atoms with Gasteiger partial charge in [-0.05, 0) is 30.2 Å². The maximum Gasteiger partial charge on any atom is 0.252 e. The van der Waals surface area contributed by atoms with Gasteiger partial charge in [0, 0.05) is 12.2 Å². The number of benzene rings is 3. The Morgan fingerprint density at radius 3 is 2.31 bits per heavy atom. The van der Waals surface area contributed by atoms with Crippen molar-refractivity contribution in [3.8, 4) is 0 Å². The van der Waals surface area contributed by atoms with Gasteiger partial charge in [0.25, 0.3) is 5.95 Å². The van der Waals surface area contributed by atoms with Gasteiger partial charge < -0.3 is 10.2 Å². The van der Waals surface area contributed by atoms with Crippen LogP contribution in [-0.2, 0) is 13.1 Å². The van der Waals surface area contributed by atoms with Crippen LogP contribution < -0.4 is 10.2 Å². The van der Waals surface area contributed by atoms with E-state index in [2.05, 4.69) is 75.9 Å². The van der Waals surface area contributed by atoms with Crippen LogP contribution in [0.3, 0.4) is 0 Å². The third-order valence-corrected chi connectivity index (χ3v) is 4.60. The van der Waals surface area contributed by atoms with Crippen molar-refractivity contribution in [3.05, 3.63) is 108 Å². The predicted octanol–water partition coefficient (Wildman–Crippen LogP) is 5.13. The Hall–Kier alpha value is -3.73. The Bertz CT molecular complexity index is 1050. The molecule has 1 aromatic heterocycles. The molecule has 1 heterocycles. The molecule has 0 fully saturated rings. The molecule has 29 heavy (non-hydrogen) atoms. The van der Waals surface area contributed by atoms with Gasteiger partial charge in [0.1, 0.15) is 0 Å². The monoisotopic (exact) mass is 381 g/mol. The van der Waals surface area contributed by atoms with Gasteiger partial charge in [0.05, 0.1) is 12.7 Å². The fraction of sp³-hybridized carbons (Fsp3) is 0.125. The fourth-order valence-electron chi connectivity index (χ4n) is 3.16. The minimum Gasteiger partial charge on any atom is -0.365 e. The van der Waals surface area contributed by atoms with Crippen molar-refractivity contribution < 1.29 is 0 Å². The molecule has 0 radical (unpaired) electrons. The van der Waals surface area contributed by atoms with Gasteiger partial charge in [0.2, 0.25) is 0 Å². The number of hydrogen-bond acceptors (Lipinski definition) is 5. The minimum atomic E-state index is 0.564. The topological polar surface area (TPSA) is 53.9 Å². The number of anilines is 3. The van der Waals surface area contributed by atoms with Crippen LogP contribution >= 0.6 is 0 Å². The van der Waals surface area contributed by atoms with Crippen LogP contribution in [0.4, 0.5) is 17.5 Å². The van der Waals surface area contributed by atoms with E-state index in [4.69, 9.17) is 4.98 Å². The average Bonchev–Trinajstić information content (AvgIpc) is 2.78. The number of nitrogens with one attached hydrogen (secondary N) is 1. The minimum absolute atomic E-state index is 0.564. The van der Waals surface area contributed by atoms with Gasteiger partial charge in [-0.15, -0.1) is 5.10 Å². The summed E-state index contributed by atoms with van der Waals surface area (Å²) in [5.41, 5.74) is 4.64. The van der Waals surface area contributed by atoms with Crippen LogP contribution in [0.1, 0.15) is 16.7 Å². The lowest BCUT2D eigenvalue weighted by atomic mass is 10.1. The smallest absolute Gasteiger partial charge is 0.252 e. The molecule has 0 saturated heterocycles. The molecule has 0 atom stereocenters. The molecule has 5 nitrogen and oxygen atoms in total. The molecular weight excluding hydrogens is 358 g/mol. The van der Waals surface area contributed by atoms with Gasteiger partial charge in [-0.1, -0.05) is 78.4 Å². The lowest BCUT2D eigenvalue weighted by Crippen LogP contribution is -2.20. The second-order valence-electron chi connectivity index (χ2n) is 6.89. The average molecular weight is 381 g/mol. The van der Waals surface area contributed by atoms with E-state index in [9.17, 15) is 0 Å². The molecule has 3 aromatic carbocycles. The molecule has 0 saturated carbocycles. The van der Waals surface area contributed by atoms with E-state index < -0.39 is 0 Å². The molecule has 0 unspecified atom stereocenters. The molecule has 0 aliphatic rings. The third kappa shape index (κ3) is 4.96. The Balaban J connectivity index is 1.58. The SMILES string of the molecule is Cc1cccc(CNc2cnnc(N(Cc3ccccc3)c3ccccc3)n2)c1. The van der Waals surface area contributed by atoms with E-state index >= 15 is 0 Å². The summed E-state index contributed by atoms with van der Waals surface area (Å²) in [6.45, 7) is 3.44. The lowest BCUT2D eigenvalue weighted by Gasteiger charge is -2.22. The van der Waals surface area contributed by atoms with Crippen molar-refractivity contribution in [1.82, 2.24) is 15.2 Å². The van der Waals surface area contributed by atoms with Crippen molar-refractivity contribution >= 4 is 17.5 Å². The van der Waals surface area contributed by atoms with Gasteiger partial charge in [0.15, 0.2) is 5.82 Å². The zero-order valence-corrected chi connectivity index (χ0v) is 16.4. The molecule has 0 aliphatic carbocycles. The second kappa shape index (κ2) is 8.97. The molecule has 0 amide bonds. The van der Waals surface area contributed by atoms with Crippen LogP contribution in [0.5, 0.6) is 0 Å². The van der Waals surface area contributed by atoms with Gasteiger partial charge in [-0.3, -0.25) is 0 Å². The Kier molecular flexibility index (Phi) is 5.76. The molecule has 4 aromatic rings. The summed E-state index contributed by atoms with van der Waals surface area (Å²) in [5, 5.41) is 11.9. The maximum atomic E-state index is 4.72. The first-order chi connectivity index (χ1) is 14.3. The van der Waals surface area contributed by atoms with Gasteiger partial charge in [-0.2, -0.15) is 10.1 Å². The molecule has 1 N–H and O–H groups in total. The zero-order valence-electron chi connectivity index (χ0n) is 16.4. The Morgan fingerprint density at radius 2 is 1.55 bits per heavy atom. The number of para-hydroxylation sites is 1. The number of aromatic nitrogens is 3. The number of aryl methyl sites for hydroxylation is 1. The Morgan fingerprint density at radius 1 is 0.828 bits per heavy atom. The highest BCUT2D eigenvalue weighted by Crippen LogP contribution is 2.24. The first-order valence-corrected chi connectivity index (χ1v) is 9.63. The van der Waals surface area contributed by atoms with E-state index in [0.29, 0.717) is 24.9 Å². The quantitative estimate of drug-likeness (QED) is 0.481. The number of rotatable bonds is 7.